The van der Waals surface area contributed by atoms with Crippen LogP contribution in [0.15, 0.2) is 0 Å². The van der Waals surface area contributed by atoms with E-state index in [0.717, 1.165) is 32.5 Å². The number of carbonyl (C=O) groups is 1. The Morgan fingerprint density at radius 2 is 2.23 bits per heavy atom. The first-order valence-corrected chi connectivity index (χ1v) is 4.66. The molecule has 0 bridgehead atoms. The highest BCUT2D eigenvalue weighted by Crippen LogP contribution is 2.12. The summed E-state index contributed by atoms with van der Waals surface area (Å²) in [5.74, 6) is 2.53. The molecule has 1 N–H and O–H groups in total. The van der Waals surface area contributed by atoms with E-state index in [1.165, 1.54) is 0 Å². The Morgan fingerprint density at radius 1 is 1.62 bits per heavy atom. The van der Waals surface area contributed by atoms with E-state index in [0.29, 0.717) is 5.92 Å². The lowest BCUT2D eigenvalue weighted by atomic mass is 9.98. The van der Waals surface area contributed by atoms with Crippen molar-refractivity contribution in [2.75, 3.05) is 26.7 Å². The summed E-state index contributed by atoms with van der Waals surface area (Å²) in [7, 11) is 1.77. The normalized spacial score (nSPS) is 17.8. The van der Waals surface area contributed by atoms with Gasteiger partial charge in [-0.05, 0) is 37.8 Å². The number of terminal acetylenes is 1. The van der Waals surface area contributed by atoms with Gasteiger partial charge in [-0.1, -0.05) is 0 Å². The van der Waals surface area contributed by atoms with E-state index in [4.69, 9.17) is 6.42 Å². The summed E-state index contributed by atoms with van der Waals surface area (Å²) in [4.78, 5) is 12.7. The van der Waals surface area contributed by atoms with Gasteiger partial charge in [0.05, 0.1) is 0 Å². The number of hydrogen-bond donors (Lipinski definition) is 1. The quantitative estimate of drug-likeness (QED) is 0.610. The summed E-state index contributed by atoms with van der Waals surface area (Å²) in [6.45, 7) is 2.91. The van der Waals surface area contributed by atoms with Crippen molar-refractivity contribution >= 4 is 5.91 Å². The van der Waals surface area contributed by atoms with E-state index in [2.05, 4.69) is 11.2 Å². The van der Waals surface area contributed by atoms with Gasteiger partial charge >= 0.3 is 0 Å². The average Bonchev–Trinajstić information content (AvgIpc) is 2.18. The van der Waals surface area contributed by atoms with Gasteiger partial charge in [-0.15, -0.1) is 6.42 Å². The van der Waals surface area contributed by atoms with Gasteiger partial charge in [-0.25, -0.2) is 0 Å². The van der Waals surface area contributed by atoms with E-state index in [1.807, 2.05) is 0 Å². The second-order valence-corrected chi connectivity index (χ2v) is 3.52. The SMILES string of the molecule is C#CC(=O)N(C)CC1CCNCC1. The van der Waals surface area contributed by atoms with Crippen molar-refractivity contribution in [2.24, 2.45) is 5.92 Å². The first kappa shape index (κ1) is 10.1. The number of carbonyl (C=O) groups excluding carboxylic acids is 1. The molecule has 1 saturated heterocycles. The molecule has 0 aromatic heterocycles. The Balaban J connectivity index is 2.30. The molecule has 1 heterocycles. The van der Waals surface area contributed by atoms with Gasteiger partial charge in [0.2, 0.25) is 0 Å². The summed E-state index contributed by atoms with van der Waals surface area (Å²) in [5, 5.41) is 3.29. The number of nitrogens with zero attached hydrogens (tertiary/aromatic N) is 1. The Bertz CT molecular complexity index is 213. The average molecular weight is 180 g/mol. The highest BCUT2D eigenvalue weighted by atomic mass is 16.2. The summed E-state index contributed by atoms with van der Waals surface area (Å²) >= 11 is 0. The topological polar surface area (TPSA) is 32.3 Å². The first-order valence-electron chi connectivity index (χ1n) is 4.66. The zero-order chi connectivity index (χ0) is 9.68. The molecule has 0 aliphatic carbocycles. The van der Waals surface area contributed by atoms with Crippen LogP contribution in [-0.4, -0.2) is 37.5 Å². The minimum atomic E-state index is -0.210. The van der Waals surface area contributed by atoms with Crippen LogP contribution in [0.1, 0.15) is 12.8 Å². The minimum Gasteiger partial charge on any atom is -0.335 e. The molecule has 0 aromatic carbocycles. The molecule has 3 nitrogen and oxygen atoms in total. The summed E-state index contributed by atoms with van der Waals surface area (Å²) in [5.41, 5.74) is 0. The summed E-state index contributed by atoms with van der Waals surface area (Å²) in [6.07, 6.45) is 7.31. The number of piperidine rings is 1. The molecule has 1 aliphatic heterocycles. The molecule has 0 saturated carbocycles. The molecule has 1 fully saturated rings. The number of rotatable bonds is 2. The van der Waals surface area contributed by atoms with Crippen LogP contribution in [0, 0.1) is 18.3 Å². The van der Waals surface area contributed by atoms with Crippen LogP contribution in [0.3, 0.4) is 0 Å². The Labute approximate surface area is 79.5 Å². The summed E-state index contributed by atoms with van der Waals surface area (Å²) in [6, 6.07) is 0. The van der Waals surface area contributed by atoms with Crippen LogP contribution in [0.25, 0.3) is 0 Å². The highest BCUT2D eigenvalue weighted by Gasteiger charge is 2.16. The number of hydrogen-bond acceptors (Lipinski definition) is 2. The minimum absolute atomic E-state index is 0.210. The molecular formula is C10H16N2O. The Kier molecular flexibility index (Phi) is 3.78. The lowest BCUT2D eigenvalue weighted by Gasteiger charge is -2.26. The number of nitrogens with one attached hydrogen (secondary N) is 1. The van der Waals surface area contributed by atoms with Crippen LogP contribution in [0.4, 0.5) is 0 Å². The van der Waals surface area contributed by atoms with Gasteiger partial charge < -0.3 is 10.2 Å². The van der Waals surface area contributed by atoms with Gasteiger partial charge in [0, 0.05) is 13.6 Å². The smallest absolute Gasteiger partial charge is 0.297 e. The molecule has 13 heavy (non-hydrogen) atoms. The fraction of sp³-hybridized carbons (Fsp3) is 0.700. The zero-order valence-electron chi connectivity index (χ0n) is 8.05. The third kappa shape index (κ3) is 3.08. The first-order chi connectivity index (χ1) is 6.24. The van der Waals surface area contributed by atoms with Crippen molar-refractivity contribution in [1.82, 2.24) is 10.2 Å². The van der Waals surface area contributed by atoms with Crippen LogP contribution in [0.2, 0.25) is 0 Å². The number of amides is 1. The van der Waals surface area contributed by atoms with E-state index in [1.54, 1.807) is 11.9 Å². The third-order valence-corrected chi connectivity index (χ3v) is 2.46. The summed E-state index contributed by atoms with van der Waals surface area (Å²) < 4.78 is 0. The van der Waals surface area contributed by atoms with Gasteiger partial charge in [0.15, 0.2) is 0 Å². The maximum Gasteiger partial charge on any atom is 0.297 e. The van der Waals surface area contributed by atoms with Gasteiger partial charge in [0.25, 0.3) is 5.91 Å². The second kappa shape index (κ2) is 4.88. The Morgan fingerprint density at radius 3 is 2.77 bits per heavy atom. The molecule has 0 spiro atoms. The Hall–Kier alpha value is -1.01. The molecule has 0 atom stereocenters. The molecular weight excluding hydrogens is 164 g/mol. The fourth-order valence-electron chi connectivity index (χ4n) is 1.64. The van der Waals surface area contributed by atoms with Crippen molar-refractivity contribution in [2.45, 2.75) is 12.8 Å². The fourth-order valence-corrected chi connectivity index (χ4v) is 1.64. The predicted molar refractivity (Wildman–Crippen MR) is 52.1 cm³/mol. The van der Waals surface area contributed by atoms with Crippen molar-refractivity contribution in [3.05, 3.63) is 0 Å². The van der Waals surface area contributed by atoms with E-state index in [9.17, 15) is 4.79 Å². The van der Waals surface area contributed by atoms with Crippen molar-refractivity contribution < 1.29 is 4.79 Å². The lowest BCUT2D eigenvalue weighted by molar-refractivity contribution is -0.124. The molecule has 1 rings (SSSR count). The van der Waals surface area contributed by atoms with Crippen LogP contribution in [-0.2, 0) is 4.79 Å². The molecule has 0 unspecified atom stereocenters. The van der Waals surface area contributed by atoms with Gasteiger partial charge in [-0.3, -0.25) is 4.79 Å². The van der Waals surface area contributed by atoms with E-state index >= 15 is 0 Å². The lowest BCUT2D eigenvalue weighted by Crippen LogP contribution is -2.36. The largest absolute Gasteiger partial charge is 0.335 e. The van der Waals surface area contributed by atoms with Crippen LogP contribution in [0.5, 0.6) is 0 Å². The highest BCUT2D eigenvalue weighted by molar-refractivity contribution is 5.92. The standard InChI is InChI=1S/C10H16N2O/c1-3-10(13)12(2)8-9-4-6-11-7-5-9/h1,9,11H,4-8H2,2H3. The van der Waals surface area contributed by atoms with Crippen molar-refractivity contribution in [3.63, 3.8) is 0 Å². The molecule has 3 heteroatoms. The maximum absolute atomic E-state index is 11.1. The van der Waals surface area contributed by atoms with Gasteiger partial charge in [0.1, 0.15) is 0 Å². The van der Waals surface area contributed by atoms with E-state index < -0.39 is 0 Å². The third-order valence-electron chi connectivity index (χ3n) is 2.46. The zero-order valence-corrected chi connectivity index (χ0v) is 8.05. The molecule has 0 aromatic rings. The molecule has 0 radical (unpaired) electrons. The van der Waals surface area contributed by atoms with Crippen molar-refractivity contribution in [1.29, 1.82) is 0 Å². The monoisotopic (exact) mass is 180 g/mol. The van der Waals surface area contributed by atoms with Crippen LogP contribution < -0.4 is 5.32 Å². The van der Waals surface area contributed by atoms with Crippen molar-refractivity contribution in [3.8, 4) is 12.3 Å². The molecule has 1 amide bonds. The predicted octanol–water partition coefficient (Wildman–Crippen LogP) is 0.0776. The molecule has 72 valence electrons. The second-order valence-electron chi connectivity index (χ2n) is 3.52. The van der Waals surface area contributed by atoms with E-state index in [-0.39, 0.29) is 5.91 Å². The maximum atomic E-state index is 11.1. The van der Waals surface area contributed by atoms with Crippen LogP contribution >= 0.6 is 0 Å². The molecule has 1 aliphatic rings. The van der Waals surface area contributed by atoms with Gasteiger partial charge in [-0.2, -0.15) is 0 Å².